The second-order valence-electron chi connectivity index (χ2n) is 5.62. The van der Waals surface area contributed by atoms with Crippen molar-refractivity contribution in [2.75, 3.05) is 11.9 Å². The summed E-state index contributed by atoms with van der Waals surface area (Å²) >= 11 is 0. The molecule has 0 radical (unpaired) electrons. The number of pyridine rings is 1. The Hall–Kier alpha value is -1.57. The fraction of sp³-hybridized carbons (Fsp3) is 0.471. The highest BCUT2D eigenvalue weighted by molar-refractivity contribution is 5.92. The van der Waals surface area contributed by atoms with Gasteiger partial charge in [-0.15, -0.1) is 0 Å². The van der Waals surface area contributed by atoms with E-state index in [2.05, 4.69) is 34.6 Å². The highest BCUT2D eigenvalue weighted by Crippen LogP contribution is 2.27. The van der Waals surface area contributed by atoms with E-state index in [1.165, 1.54) is 55.0 Å². The third-order valence-electron chi connectivity index (χ3n) is 4.28. The SMILES string of the molecule is c1cc(NCCC2CCCCC2)c2cnccc2c1. The summed E-state index contributed by atoms with van der Waals surface area (Å²) in [6.45, 7) is 1.08. The van der Waals surface area contributed by atoms with Gasteiger partial charge in [0, 0.05) is 30.0 Å². The number of fused-ring (bicyclic) bond motifs is 1. The number of aromatic nitrogens is 1. The van der Waals surface area contributed by atoms with Crippen molar-refractivity contribution in [3.8, 4) is 0 Å². The largest absolute Gasteiger partial charge is 0.384 e. The molecule has 0 unspecified atom stereocenters. The quantitative estimate of drug-likeness (QED) is 0.861. The predicted molar refractivity (Wildman–Crippen MR) is 81.4 cm³/mol. The molecule has 19 heavy (non-hydrogen) atoms. The van der Waals surface area contributed by atoms with E-state index in [4.69, 9.17) is 0 Å². The summed E-state index contributed by atoms with van der Waals surface area (Å²) in [5.74, 6) is 0.939. The maximum absolute atomic E-state index is 4.23. The standard InChI is InChI=1S/C17H22N2/c1-2-5-14(6-3-1)9-12-19-17-8-4-7-15-10-11-18-13-16(15)17/h4,7-8,10-11,13-14,19H,1-3,5-6,9,12H2. The molecule has 1 N–H and O–H groups in total. The molecule has 2 heteroatoms. The van der Waals surface area contributed by atoms with Crippen molar-refractivity contribution in [1.82, 2.24) is 4.98 Å². The van der Waals surface area contributed by atoms with Crippen molar-refractivity contribution in [2.45, 2.75) is 38.5 Å². The van der Waals surface area contributed by atoms with E-state index in [9.17, 15) is 0 Å². The molecule has 1 aliphatic carbocycles. The molecule has 100 valence electrons. The van der Waals surface area contributed by atoms with Crippen LogP contribution in [0, 0.1) is 5.92 Å². The number of rotatable bonds is 4. The molecular weight excluding hydrogens is 232 g/mol. The molecule has 0 bridgehead atoms. The lowest BCUT2D eigenvalue weighted by atomic mass is 9.87. The predicted octanol–water partition coefficient (Wildman–Crippen LogP) is 4.62. The third kappa shape index (κ3) is 3.06. The fourth-order valence-electron chi connectivity index (χ4n) is 3.15. The van der Waals surface area contributed by atoms with Crippen LogP contribution in [0.1, 0.15) is 38.5 Å². The fourth-order valence-corrected chi connectivity index (χ4v) is 3.15. The summed E-state index contributed by atoms with van der Waals surface area (Å²) in [6, 6.07) is 8.49. The van der Waals surface area contributed by atoms with Crippen molar-refractivity contribution >= 4 is 16.5 Å². The zero-order valence-corrected chi connectivity index (χ0v) is 11.4. The van der Waals surface area contributed by atoms with Crippen molar-refractivity contribution < 1.29 is 0 Å². The molecule has 2 nitrogen and oxygen atoms in total. The Morgan fingerprint density at radius 1 is 1.11 bits per heavy atom. The second kappa shape index (κ2) is 6.05. The van der Waals surface area contributed by atoms with Crippen LogP contribution in [-0.4, -0.2) is 11.5 Å². The normalized spacial score (nSPS) is 16.6. The van der Waals surface area contributed by atoms with Gasteiger partial charge in [-0.05, 0) is 29.9 Å². The van der Waals surface area contributed by atoms with Gasteiger partial charge in [0.25, 0.3) is 0 Å². The maximum Gasteiger partial charge on any atom is 0.0435 e. The van der Waals surface area contributed by atoms with Crippen molar-refractivity contribution in [3.63, 3.8) is 0 Å². The van der Waals surface area contributed by atoms with Gasteiger partial charge in [0.15, 0.2) is 0 Å². The van der Waals surface area contributed by atoms with E-state index in [1.54, 1.807) is 0 Å². The number of benzene rings is 1. The molecule has 1 fully saturated rings. The van der Waals surface area contributed by atoms with Crippen LogP contribution >= 0.6 is 0 Å². The average molecular weight is 254 g/mol. The van der Waals surface area contributed by atoms with Gasteiger partial charge in [-0.2, -0.15) is 0 Å². The van der Waals surface area contributed by atoms with Gasteiger partial charge >= 0.3 is 0 Å². The van der Waals surface area contributed by atoms with Gasteiger partial charge < -0.3 is 5.32 Å². The van der Waals surface area contributed by atoms with Crippen LogP contribution in [0.15, 0.2) is 36.7 Å². The molecule has 1 saturated carbocycles. The molecule has 0 atom stereocenters. The zero-order valence-electron chi connectivity index (χ0n) is 11.4. The highest BCUT2D eigenvalue weighted by atomic mass is 14.9. The Morgan fingerprint density at radius 2 is 2.00 bits per heavy atom. The monoisotopic (exact) mass is 254 g/mol. The maximum atomic E-state index is 4.23. The summed E-state index contributed by atoms with van der Waals surface area (Å²) in [6.07, 6.45) is 12.3. The minimum Gasteiger partial charge on any atom is -0.384 e. The van der Waals surface area contributed by atoms with Gasteiger partial charge in [-0.25, -0.2) is 0 Å². The zero-order chi connectivity index (χ0) is 12.9. The van der Waals surface area contributed by atoms with E-state index in [1.807, 2.05) is 12.4 Å². The smallest absolute Gasteiger partial charge is 0.0435 e. The Bertz CT molecular complexity index is 524. The Labute approximate surface area is 115 Å². The first-order valence-electron chi connectivity index (χ1n) is 7.50. The molecule has 0 aliphatic heterocycles. The molecule has 1 aliphatic rings. The van der Waals surface area contributed by atoms with Gasteiger partial charge in [-0.1, -0.05) is 44.2 Å². The number of anilines is 1. The van der Waals surface area contributed by atoms with Crippen LogP contribution < -0.4 is 5.32 Å². The highest BCUT2D eigenvalue weighted by Gasteiger charge is 2.12. The van der Waals surface area contributed by atoms with Crippen LogP contribution in [0.25, 0.3) is 10.8 Å². The van der Waals surface area contributed by atoms with Crippen LogP contribution in [0.4, 0.5) is 5.69 Å². The van der Waals surface area contributed by atoms with E-state index >= 15 is 0 Å². The van der Waals surface area contributed by atoms with Crippen LogP contribution in [0.2, 0.25) is 0 Å². The number of nitrogens with one attached hydrogen (secondary N) is 1. The summed E-state index contributed by atoms with van der Waals surface area (Å²) in [5.41, 5.74) is 1.22. The Kier molecular flexibility index (Phi) is 3.97. The van der Waals surface area contributed by atoms with E-state index in [-0.39, 0.29) is 0 Å². The third-order valence-corrected chi connectivity index (χ3v) is 4.28. The average Bonchev–Trinajstić information content (AvgIpc) is 2.49. The molecule has 0 spiro atoms. The molecule has 2 aromatic rings. The summed E-state index contributed by atoms with van der Waals surface area (Å²) < 4.78 is 0. The first kappa shape index (κ1) is 12.5. The number of hydrogen-bond acceptors (Lipinski definition) is 2. The van der Waals surface area contributed by atoms with Crippen LogP contribution in [0.5, 0.6) is 0 Å². The lowest BCUT2D eigenvalue weighted by Gasteiger charge is -2.21. The van der Waals surface area contributed by atoms with Crippen molar-refractivity contribution in [3.05, 3.63) is 36.7 Å². The number of nitrogens with zero attached hydrogens (tertiary/aromatic N) is 1. The minimum atomic E-state index is 0.939. The van der Waals surface area contributed by atoms with E-state index in [0.29, 0.717) is 0 Å². The lowest BCUT2D eigenvalue weighted by molar-refractivity contribution is 0.345. The Balaban J connectivity index is 1.62. The molecule has 0 saturated heterocycles. The number of hydrogen-bond donors (Lipinski definition) is 1. The second-order valence-corrected chi connectivity index (χ2v) is 5.62. The summed E-state index contributed by atoms with van der Waals surface area (Å²) in [7, 11) is 0. The first-order valence-corrected chi connectivity index (χ1v) is 7.50. The lowest BCUT2D eigenvalue weighted by Crippen LogP contribution is -2.12. The molecule has 1 aromatic heterocycles. The van der Waals surface area contributed by atoms with Gasteiger partial charge in [0.05, 0.1) is 0 Å². The minimum absolute atomic E-state index is 0.939. The van der Waals surface area contributed by atoms with Crippen molar-refractivity contribution in [1.29, 1.82) is 0 Å². The van der Waals surface area contributed by atoms with Gasteiger partial charge in [0.2, 0.25) is 0 Å². The molecule has 1 heterocycles. The van der Waals surface area contributed by atoms with E-state index in [0.717, 1.165) is 12.5 Å². The topological polar surface area (TPSA) is 24.9 Å². The molecule has 3 rings (SSSR count). The summed E-state index contributed by atoms with van der Waals surface area (Å²) in [5, 5.41) is 6.09. The summed E-state index contributed by atoms with van der Waals surface area (Å²) in [4.78, 5) is 4.23. The van der Waals surface area contributed by atoms with Crippen LogP contribution in [0.3, 0.4) is 0 Å². The van der Waals surface area contributed by atoms with Gasteiger partial charge in [-0.3, -0.25) is 4.98 Å². The van der Waals surface area contributed by atoms with E-state index < -0.39 is 0 Å². The van der Waals surface area contributed by atoms with Crippen LogP contribution in [-0.2, 0) is 0 Å². The Morgan fingerprint density at radius 3 is 2.89 bits per heavy atom. The molecule has 1 aromatic carbocycles. The molecule has 0 amide bonds. The molecular formula is C17H22N2. The van der Waals surface area contributed by atoms with Gasteiger partial charge in [0.1, 0.15) is 0 Å². The first-order chi connectivity index (χ1) is 9.43. The van der Waals surface area contributed by atoms with Crippen molar-refractivity contribution in [2.24, 2.45) is 5.92 Å².